The molecule has 0 saturated heterocycles. The lowest BCUT2D eigenvalue weighted by Crippen LogP contribution is -2.77. The van der Waals surface area contributed by atoms with Crippen LogP contribution in [-0.4, -0.2) is 27.2 Å². The van der Waals surface area contributed by atoms with Gasteiger partial charge in [-0.05, 0) is 93.5 Å². The second kappa shape index (κ2) is 14.3. The van der Waals surface area contributed by atoms with E-state index in [1.807, 2.05) is 36.5 Å². The number of ether oxygens (including phenoxy) is 1. The lowest BCUT2D eigenvalue weighted by molar-refractivity contribution is 0.483. The minimum atomic E-state index is -3.01. The Bertz CT molecular complexity index is 3430. The van der Waals surface area contributed by atoms with Crippen LogP contribution >= 0.6 is 0 Å². The van der Waals surface area contributed by atoms with Crippen molar-refractivity contribution < 1.29 is 4.74 Å². The number of nitrogens with zero attached hydrogens (tertiary/aromatic N) is 5. The number of anilines is 3. The molecular weight excluding hydrogens is 775 g/mol. The molecule has 1 aliphatic rings. The second-order valence-corrected chi connectivity index (χ2v) is 19.6. The molecule has 0 spiro atoms. The van der Waals surface area contributed by atoms with Gasteiger partial charge in [-0.1, -0.05) is 133 Å². The SMILES string of the molecule is Cn1c(-c2cccc(Oc3cccc(N4c5cc6c(cc5[Si](c5ccccc5)(c5ccccc5)c5cccnc54)c4ccccc4n6-c4ccccc4)c3)c2)nc2ccccc21. The molecule has 7 heteroatoms. The first-order valence-corrected chi connectivity index (χ1v) is 23.0. The van der Waals surface area contributed by atoms with Crippen LogP contribution in [0.15, 0.2) is 219 Å². The van der Waals surface area contributed by atoms with Crippen LogP contribution < -0.4 is 30.4 Å². The molecule has 0 amide bonds. The molecule has 8 aromatic carbocycles. The molecule has 294 valence electrons. The molecular formula is C55H39N5OSi. The van der Waals surface area contributed by atoms with Crippen LogP contribution in [0.4, 0.5) is 17.2 Å². The van der Waals surface area contributed by atoms with Gasteiger partial charge in [-0.25, -0.2) is 9.97 Å². The quantitative estimate of drug-likeness (QED) is 0.150. The number of aromatic nitrogens is 4. The van der Waals surface area contributed by atoms with Crippen LogP contribution in [0.1, 0.15) is 0 Å². The fourth-order valence-corrected chi connectivity index (χ4v) is 14.9. The van der Waals surface area contributed by atoms with E-state index >= 15 is 0 Å². The average Bonchev–Trinajstić information content (AvgIpc) is 3.85. The van der Waals surface area contributed by atoms with Gasteiger partial charge in [-0.3, -0.25) is 4.90 Å². The third-order valence-electron chi connectivity index (χ3n) is 12.5. The molecule has 0 radical (unpaired) electrons. The van der Waals surface area contributed by atoms with Crippen LogP contribution in [0.5, 0.6) is 11.5 Å². The Hall–Kier alpha value is -8.00. The van der Waals surface area contributed by atoms with E-state index in [0.29, 0.717) is 0 Å². The molecule has 3 aromatic heterocycles. The van der Waals surface area contributed by atoms with Crippen molar-refractivity contribution in [2.24, 2.45) is 7.05 Å². The minimum absolute atomic E-state index is 0.725. The summed E-state index contributed by atoms with van der Waals surface area (Å²) in [5.41, 5.74) is 8.52. The minimum Gasteiger partial charge on any atom is -0.457 e. The lowest BCUT2D eigenvalue weighted by Gasteiger charge is -2.44. The fraction of sp³-hybridized carbons (Fsp3) is 0.0182. The molecule has 0 aliphatic carbocycles. The van der Waals surface area contributed by atoms with Gasteiger partial charge in [0.05, 0.1) is 33.4 Å². The summed E-state index contributed by atoms with van der Waals surface area (Å²) >= 11 is 0. The van der Waals surface area contributed by atoms with Crippen molar-refractivity contribution in [1.29, 1.82) is 0 Å². The van der Waals surface area contributed by atoms with Crippen LogP contribution in [0.25, 0.3) is 49.9 Å². The highest BCUT2D eigenvalue weighted by Gasteiger charge is 2.50. The number of rotatable bonds is 7. The monoisotopic (exact) mass is 813 g/mol. The molecule has 1 aliphatic heterocycles. The fourth-order valence-electron chi connectivity index (χ4n) is 9.82. The van der Waals surface area contributed by atoms with Crippen molar-refractivity contribution >= 4 is 78.9 Å². The van der Waals surface area contributed by atoms with Gasteiger partial charge < -0.3 is 13.9 Å². The van der Waals surface area contributed by atoms with E-state index in [1.54, 1.807) is 0 Å². The first-order valence-electron chi connectivity index (χ1n) is 21.0. The Morgan fingerprint density at radius 2 is 1.13 bits per heavy atom. The summed E-state index contributed by atoms with van der Waals surface area (Å²) in [6, 6.07) is 75.9. The topological polar surface area (TPSA) is 48.1 Å². The lowest BCUT2D eigenvalue weighted by atomic mass is 10.1. The number of fused-ring (bicyclic) bond motifs is 6. The number of pyridine rings is 1. The Kier molecular flexibility index (Phi) is 8.30. The number of imidazole rings is 1. The van der Waals surface area contributed by atoms with Gasteiger partial charge in [-0.15, -0.1) is 0 Å². The van der Waals surface area contributed by atoms with E-state index in [1.165, 1.54) is 37.0 Å². The zero-order valence-corrected chi connectivity index (χ0v) is 34.9. The molecule has 4 heterocycles. The summed E-state index contributed by atoms with van der Waals surface area (Å²) in [6.07, 6.45) is 1.93. The van der Waals surface area contributed by atoms with Crippen LogP contribution in [0.2, 0.25) is 0 Å². The third-order valence-corrected chi connectivity index (χ3v) is 17.3. The largest absolute Gasteiger partial charge is 0.457 e. The van der Waals surface area contributed by atoms with Gasteiger partial charge in [-0.2, -0.15) is 0 Å². The van der Waals surface area contributed by atoms with Gasteiger partial charge in [0.15, 0.2) is 8.07 Å². The average molecular weight is 814 g/mol. The summed E-state index contributed by atoms with van der Waals surface area (Å²) in [7, 11) is -0.949. The Balaban J connectivity index is 1.09. The smallest absolute Gasteiger partial charge is 0.186 e. The number of aryl methyl sites for hydroxylation is 1. The van der Waals surface area contributed by atoms with Crippen molar-refractivity contribution in [3.63, 3.8) is 0 Å². The summed E-state index contributed by atoms with van der Waals surface area (Å²) in [4.78, 5) is 12.6. The number of hydrogen-bond donors (Lipinski definition) is 0. The Morgan fingerprint density at radius 1 is 0.484 bits per heavy atom. The van der Waals surface area contributed by atoms with Crippen LogP contribution in [0, 0.1) is 0 Å². The number of para-hydroxylation sites is 4. The molecule has 0 bridgehead atoms. The van der Waals surface area contributed by atoms with Gasteiger partial charge in [0.25, 0.3) is 0 Å². The summed E-state index contributed by atoms with van der Waals surface area (Å²) in [6.45, 7) is 0. The predicted octanol–water partition coefficient (Wildman–Crippen LogP) is 10.7. The Morgan fingerprint density at radius 3 is 1.89 bits per heavy atom. The molecule has 0 fully saturated rings. The summed E-state index contributed by atoms with van der Waals surface area (Å²) < 4.78 is 11.3. The Labute approximate surface area is 360 Å². The first-order chi connectivity index (χ1) is 30.7. The highest BCUT2D eigenvalue weighted by atomic mass is 28.3. The number of hydrogen-bond acceptors (Lipinski definition) is 4. The molecule has 0 unspecified atom stereocenters. The van der Waals surface area contributed by atoms with Crippen molar-refractivity contribution in [1.82, 2.24) is 19.1 Å². The highest BCUT2D eigenvalue weighted by Crippen LogP contribution is 2.43. The maximum Gasteiger partial charge on any atom is 0.186 e. The van der Waals surface area contributed by atoms with E-state index < -0.39 is 8.07 Å². The zero-order valence-electron chi connectivity index (χ0n) is 33.9. The first kappa shape index (κ1) is 35.9. The van der Waals surface area contributed by atoms with Crippen molar-refractivity contribution in [2.75, 3.05) is 4.90 Å². The van der Waals surface area contributed by atoms with Crippen LogP contribution in [0.3, 0.4) is 0 Å². The van der Waals surface area contributed by atoms with Gasteiger partial charge in [0.1, 0.15) is 23.1 Å². The molecule has 12 rings (SSSR count). The van der Waals surface area contributed by atoms with Gasteiger partial charge in [0.2, 0.25) is 0 Å². The summed E-state index contributed by atoms with van der Waals surface area (Å²) in [5, 5.41) is 7.60. The maximum absolute atomic E-state index is 6.75. The van der Waals surface area contributed by atoms with E-state index in [0.717, 1.165) is 62.3 Å². The highest BCUT2D eigenvalue weighted by molar-refractivity contribution is 7.21. The van der Waals surface area contributed by atoms with E-state index in [9.17, 15) is 0 Å². The normalized spacial score (nSPS) is 13.0. The molecule has 0 saturated carbocycles. The third kappa shape index (κ3) is 5.49. The standard InChI is InChI=1S/C55H39N5OSi/c1-58-49-31-14-12-29-47(49)57-54(58)38-18-15-22-41(34-38)61-42-23-16-21-40(35-42)60-51-37-50-46(45-28-11-13-30-48(45)59(50)39-19-5-2-6-20-39)36-53(51)62(43-24-7-3-8-25-43,44-26-9-4-10-27-44)52-32-17-33-56-55(52)60/h2-37H,1H3. The number of benzene rings is 8. The maximum atomic E-state index is 6.75. The van der Waals surface area contributed by atoms with Gasteiger partial charge in [0, 0.05) is 41.3 Å². The zero-order chi connectivity index (χ0) is 41.2. The molecule has 11 aromatic rings. The van der Waals surface area contributed by atoms with Crippen molar-refractivity contribution in [3.05, 3.63) is 219 Å². The van der Waals surface area contributed by atoms with E-state index in [-0.39, 0.29) is 0 Å². The van der Waals surface area contributed by atoms with Crippen LogP contribution in [-0.2, 0) is 7.05 Å². The second-order valence-electron chi connectivity index (χ2n) is 15.9. The van der Waals surface area contributed by atoms with Crippen molar-refractivity contribution in [3.8, 4) is 28.6 Å². The predicted molar refractivity (Wildman–Crippen MR) is 257 cm³/mol. The molecule has 0 N–H and O–H groups in total. The van der Waals surface area contributed by atoms with E-state index in [4.69, 9.17) is 14.7 Å². The molecule has 0 atom stereocenters. The molecule has 6 nitrogen and oxygen atoms in total. The van der Waals surface area contributed by atoms with Gasteiger partial charge >= 0.3 is 0 Å². The van der Waals surface area contributed by atoms with E-state index in [2.05, 4.69) is 203 Å². The van der Waals surface area contributed by atoms with Crippen molar-refractivity contribution in [2.45, 2.75) is 0 Å². The summed E-state index contributed by atoms with van der Waals surface area (Å²) in [5.74, 6) is 3.27. The molecule has 62 heavy (non-hydrogen) atoms.